The van der Waals surface area contributed by atoms with Gasteiger partial charge in [-0.05, 0) is 36.8 Å². The minimum atomic E-state index is -3.13. The van der Waals surface area contributed by atoms with Crippen LogP contribution in [0.4, 0.5) is 0 Å². The van der Waals surface area contributed by atoms with E-state index in [9.17, 15) is 8.42 Å². The van der Waals surface area contributed by atoms with E-state index in [0.29, 0.717) is 29.6 Å². The molecule has 2 unspecified atom stereocenters. The molecular formula is C14H20Cl2N2O2S. The first-order valence-electron chi connectivity index (χ1n) is 6.93. The molecule has 21 heavy (non-hydrogen) atoms. The predicted molar refractivity (Wildman–Crippen MR) is 87.1 cm³/mol. The zero-order valence-electron chi connectivity index (χ0n) is 11.9. The second-order valence-corrected chi connectivity index (χ2v) is 8.38. The molecule has 0 radical (unpaired) electrons. The Morgan fingerprint density at radius 2 is 2.14 bits per heavy atom. The number of hydrogen-bond acceptors (Lipinski definition) is 3. The van der Waals surface area contributed by atoms with Crippen molar-refractivity contribution in [3.8, 4) is 0 Å². The average molecular weight is 351 g/mol. The van der Waals surface area contributed by atoms with E-state index in [1.807, 2.05) is 12.1 Å². The summed E-state index contributed by atoms with van der Waals surface area (Å²) in [4.78, 5) is 0. The van der Waals surface area contributed by atoms with Gasteiger partial charge in [0.1, 0.15) is 0 Å². The Bertz CT molecular complexity index is 607. The lowest BCUT2D eigenvalue weighted by Crippen LogP contribution is -2.40. The summed E-state index contributed by atoms with van der Waals surface area (Å²) >= 11 is 12.2. The lowest BCUT2D eigenvalue weighted by molar-refractivity contribution is 0.247. The van der Waals surface area contributed by atoms with Gasteiger partial charge in [-0.2, -0.15) is 0 Å². The van der Waals surface area contributed by atoms with E-state index in [4.69, 9.17) is 28.9 Å². The maximum Gasteiger partial charge on any atom is 0.211 e. The average Bonchev–Trinajstić information content (AvgIpc) is 2.41. The Balaban J connectivity index is 2.06. The van der Waals surface area contributed by atoms with Crippen molar-refractivity contribution >= 4 is 33.2 Å². The van der Waals surface area contributed by atoms with Crippen molar-refractivity contribution in [2.75, 3.05) is 19.3 Å². The van der Waals surface area contributed by atoms with Crippen molar-refractivity contribution in [2.24, 2.45) is 11.7 Å². The predicted octanol–water partition coefficient (Wildman–Crippen LogP) is 3.05. The number of sulfonamides is 1. The molecule has 0 aliphatic carbocycles. The van der Waals surface area contributed by atoms with Gasteiger partial charge < -0.3 is 5.73 Å². The first kappa shape index (κ1) is 17.0. The summed E-state index contributed by atoms with van der Waals surface area (Å²) in [5.74, 6) is 0.249. The molecule has 0 saturated carbocycles. The monoisotopic (exact) mass is 350 g/mol. The molecule has 1 aliphatic rings. The van der Waals surface area contributed by atoms with Crippen LogP contribution < -0.4 is 5.73 Å². The van der Waals surface area contributed by atoms with Gasteiger partial charge in [-0.25, -0.2) is 12.7 Å². The molecule has 1 fully saturated rings. The van der Waals surface area contributed by atoms with Crippen LogP contribution in [-0.2, 0) is 10.0 Å². The van der Waals surface area contributed by atoms with E-state index in [0.717, 1.165) is 18.4 Å². The van der Waals surface area contributed by atoms with Crippen LogP contribution in [-0.4, -0.2) is 32.1 Å². The quantitative estimate of drug-likeness (QED) is 0.907. The normalized spacial score (nSPS) is 22.2. The molecule has 1 heterocycles. The molecule has 1 aliphatic heterocycles. The smallest absolute Gasteiger partial charge is 0.211 e. The van der Waals surface area contributed by atoms with Gasteiger partial charge in [0.25, 0.3) is 0 Å². The summed E-state index contributed by atoms with van der Waals surface area (Å²) < 4.78 is 24.8. The van der Waals surface area contributed by atoms with Gasteiger partial charge in [0.15, 0.2) is 0 Å². The fourth-order valence-corrected chi connectivity index (χ4v) is 4.20. The highest BCUT2D eigenvalue weighted by molar-refractivity contribution is 7.88. The van der Waals surface area contributed by atoms with E-state index in [-0.39, 0.29) is 12.0 Å². The van der Waals surface area contributed by atoms with Crippen molar-refractivity contribution in [3.05, 3.63) is 33.8 Å². The molecule has 1 aromatic rings. The van der Waals surface area contributed by atoms with Gasteiger partial charge in [-0.15, -0.1) is 0 Å². The van der Waals surface area contributed by atoms with Crippen molar-refractivity contribution in [3.63, 3.8) is 0 Å². The molecular weight excluding hydrogens is 331 g/mol. The highest BCUT2D eigenvalue weighted by Gasteiger charge is 2.27. The Morgan fingerprint density at radius 3 is 2.81 bits per heavy atom. The zero-order chi connectivity index (χ0) is 15.6. The molecule has 0 spiro atoms. The molecule has 0 bridgehead atoms. The molecule has 7 heteroatoms. The first-order chi connectivity index (χ1) is 9.79. The Hall–Kier alpha value is -0.330. The molecule has 2 atom stereocenters. The zero-order valence-corrected chi connectivity index (χ0v) is 14.3. The van der Waals surface area contributed by atoms with Crippen molar-refractivity contribution in [1.29, 1.82) is 0 Å². The highest BCUT2D eigenvalue weighted by Crippen LogP contribution is 2.33. The third kappa shape index (κ3) is 4.33. The van der Waals surface area contributed by atoms with Crippen LogP contribution in [0.1, 0.15) is 30.9 Å². The number of rotatable bonds is 4. The minimum Gasteiger partial charge on any atom is -0.324 e. The molecule has 2 N–H and O–H groups in total. The van der Waals surface area contributed by atoms with E-state index >= 15 is 0 Å². The van der Waals surface area contributed by atoms with Gasteiger partial charge in [0, 0.05) is 19.1 Å². The number of piperidine rings is 1. The van der Waals surface area contributed by atoms with Crippen LogP contribution in [0, 0.1) is 5.92 Å². The molecule has 1 aromatic carbocycles. The standard InChI is InChI=1S/C14H20Cl2N2O2S/c1-21(19,20)18-7-3-4-10(9-18)8-13(17)11-5-2-6-12(15)14(11)16/h2,5-6,10,13H,3-4,7-9,17H2,1H3. The summed E-state index contributed by atoms with van der Waals surface area (Å²) in [5, 5.41) is 0.980. The van der Waals surface area contributed by atoms with Crippen LogP contribution in [0.2, 0.25) is 10.0 Å². The van der Waals surface area contributed by atoms with Crippen LogP contribution in [0.3, 0.4) is 0 Å². The number of hydrogen-bond donors (Lipinski definition) is 1. The molecule has 4 nitrogen and oxygen atoms in total. The maximum absolute atomic E-state index is 11.6. The number of benzene rings is 1. The van der Waals surface area contributed by atoms with E-state index in [2.05, 4.69) is 0 Å². The first-order valence-corrected chi connectivity index (χ1v) is 9.54. The van der Waals surface area contributed by atoms with Crippen LogP contribution >= 0.6 is 23.2 Å². The van der Waals surface area contributed by atoms with Gasteiger partial charge in [-0.1, -0.05) is 35.3 Å². The number of nitrogens with zero attached hydrogens (tertiary/aromatic N) is 1. The molecule has 0 aromatic heterocycles. The van der Waals surface area contributed by atoms with Crippen molar-refractivity contribution < 1.29 is 8.42 Å². The highest BCUT2D eigenvalue weighted by atomic mass is 35.5. The molecule has 0 amide bonds. The number of nitrogens with two attached hydrogens (primary N) is 1. The fourth-order valence-electron chi connectivity index (χ4n) is 2.81. The Kier molecular flexibility index (Phi) is 5.54. The summed E-state index contributed by atoms with van der Waals surface area (Å²) in [6.45, 7) is 1.13. The van der Waals surface area contributed by atoms with Crippen LogP contribution in [0.15, 0.2) is 18.2 Å². The topological polar surface area (TPSA) is 63.4 Å². The summed E-state index contributed by atoms with van der Waals surface area (Å²) in [7, 11) is -3.13. The van der Waals surface area contributed by atoms with Gasteiger partial charge in [-0.3, -0.25) is 0 Å². The molecule has 2 rings (SSSR count). The van der Waals surface area contributed by atoms with Gasteiger partial charge in [0.05, 0.1) is 16.3 Å². The largest absolute Gasteiger partial charge is 0.324 e. The third-order valence-electron chi connectivity index (χ3n) is 3.92. The third-order valence-corrected chi connectivity index (χ3v) is 6.02. The molecule has 118 valence electrons. The van der Waals surface area contributed by atoms with E-state index < -0.39 is 10.0 Å². The summed E-state index contributed by atoms with van der Waals surface area (Å²) in [6, 6.07) is 5.19. The Morgan fingerprint density at radius 1 is 1.43 bits per heavy atom. The van der Waals surface area contributed by atoms with Gasteiger partial charge >= 0.3 is 0 Å². The summed E-state index contributed by atoms with van der Waals surface area (Å²) in [5.41, 5.74) is 7.06. The number of halogens is 2. The van der Waals surface area contributed by atoms with E-state index in [1.165, 1.54) is 10.6 Å². The molecule has 1 saturated heterocycles. The van der Waals surface area contributed by atoms with Crippen molar-refractivity contribution in [2.45, 2.75) is 25.3 Å². The lowest BCUT2D eigenvalue weighted by atomic mass is 9.90. The SMILES string of the molecule is CS(=O)(=O)N1CCCC(CC(N)c2cccc(Cl)c2Cl)C1. The lowest BCUT2D eigenvalue weighted by Gasteiger charge is -2.32. The Labute approximate surface area is 136 Å². The van der Waals surface area contributed by atoms with Gasteiger partial charge in [0.2, 0.25) is 10.0 Å². The van der Waals surface area contributed by atoms with Crippen LogP contribution in [0.25, 0.3) is 0 Å². The second-order valence-electron chi connectivity index (χ2n) is 5.61. The maximum atomic E-state index is 11.6. The minimum absolute atomic E-state index is 0.235. The van der Waals surface area contributed by atoms with Crippen molar-refractivity contribution in [1.82, 2.24) is 4.31 Å². The summed E-state index contributed by atoms with van der Waals surface area (Å²) in [6.07, 6.45) is 3.81. The second kappa shape index (κ2) is 6.84. The van der Waals surface area contributed by atoms with Crippen LogP contribution in [0.5, 0.6) is 0 Å². The van der Waals surface area contributed by atoms with E-state index in [1.54, 1.807) is 6.07 Å². The fraction of sp³-hybridized carbons (Fsp3) is 0.571.